The first kappa shape index (κ1) is 13.7. The zero-order chi connectivity index (χ0) is 14.1. The number of nitrogens with one attached hydrogen (secondary N) is 1. The van der Waals surface area contributed by atoms with E-state index in [9.17, 15) is 0 Å². The second-order valence-electron chi connectivity index (χ2n) is 6.07. The van der Waals surface area contributed by atoms with Crippen LogP contribution in [0.3, 0.4) is 0 Å². The van der Waals surface area contributed by atoms with Crippen LogP contribution in [0.25, 0.3) is 11.0 Å². The van der Waals surface area contributed by atoms with Crippen LogP contribution in [0.5, 0.6) is 0 Å². The van der Waals surface area contributed by atoms with Crippen molar-refractivity contribution in [3.8, 4) is 0 Å². The third-order valence-electron chi connectivity index (χ3n) is 4.52. The van der Waals surface area contributed by atoms with Crippen molar-refractivity contribution in [2.75, 3.05) is 0 Å². The number of rotatable bonds is 6. The molecule has 0 radical (unpaired) electrons. The highest BCUT2D eigenvalue weighted by Gasteiger charge is 2.37. The Hall–Kier alpha value is -1.28. The number of fused-ring (bicyclic) bond motifs is 1. The van der Waals surface area contributed by atoms with Crippen molar-refractivity contribution in [3.63, 3.8) is 0 Å². The van der Waals surface area contributed by atoms with Crippen molar-refractivity contribution in [2.24, 2.45) is 5.92 Å². The van der Waals surface area contributed by atoms with Crippen molar-refractivity contribution >= 4 is 11.0 Å². The van der Waals surface area contributed by atoms with Crippen LogP contribution in [0.15, 0.2) is 28.7 Å². The summed E-state index contributed by atoms with van der Waals surface area (Å²) < 4.78 is 6.11. The van der Waals surface area contributed by atoms with Gasteiger partial charge in [-0.25, -0.2) is 0 Å². The number of hydrogen-bond acceptors (Lipinski definition) is 2. The fraction of sp³-hybridized carbons (Fsp3) is 0.556. The van der Waals surface area contributed by atoms with Gasteiger partial charge in [0.15, 0.2) is 0 Å². The lowest BCUT2D eigenvalue weighted by atomic mass is 10.0. The van der Waals surface area contributed by atoms with Gasteiger partial charge in [0.05, 0.1) is 6.04 Å². The Morgan fingerprint density at radius 3 is 2.85 bits per heavy atom. The summed E-state index contributed by atoms with van der Waals surface area (Å²) in [6.45, 7) is 6.72. The molecule has 0 spiro atoms. The largest absolute Gasteiger partial charge is 0.459 e. The van der Waals surface area contributed by atoms with Gasteiger partial charge in [0.25, 0.3) is 0 Å². The van der Waals surface area contributed by atoms with Crippen LogP contribution < -0.4 is 5.32 Å². The lowest BCUT2D eigenvalue weighted by Crippen LogP contribution is -2.22. The van der Waals surface area contributed by atoms with Gasteiger partial charge in [-0.2, -0.15) is 0 Å². The Labute approximate surface area is 121 Å². The van der Waals surface area contributed by atoms with E-state index in [1.807, 2.05) is 6.07 Å². The Morgan fingerprint density at radius 2 is 2.10 bits per heavy atom. The van der Waals surface area contributed by atoms with Crippen molar-refractivity contribution in [3.05, 3.63) is 35.6 Å². The molecule has 1 aromatic heterocycles. The molecule has 2 heteroatoms. The van der Waals surface area contributed by atoms with Crippen LogP contribution in [0, 0.1) is 5.92 Å². The normalized spacial score (nSPS) is 23.1. The Balaban J connectivity index is 1.79. The fourth-order valence-corrected chi connectivity index (χ4v) is 3.37. The molecule has 1 N–H and O–H groups in total. The van der Waals surface area contributed by atoms with Gasteiger partial charge in [0, 0.05) is 17.0 Å². The molecule has 2 aromatic rings. The summed E-state index contributed by atoms with van der Waals surface area (Å²) in [4.78, 5) is 0. The maximum absolute atomic E-state index is 6.11. The van der Waals surface area contributed by atoms with E-state index < -0.39 is 0 Å². The van der Waals surface area contributed by atoms with Crippen LogP contribution in [-0.2, 0) is 6.42 Å². The lowest BCUT2D eigenvalue weighted by molar-refractivity contribution is 0.434. The van der Waals surface area contributed by atoms with E-state index in [4.69, 9.17) is 4.42 Å². The average Bonchev–Trinajstić information content (AvgIpc) is 3.06. The first-order valence-electron chi connectivity index (χ1n) is 8.00. The highest BCUT2D eigenvalue weighted by molar-refractivity contribution is 5.82. The number of aryl methyl sites for hydroxylation is 1. The van der Waals surface area contributed by atoms with Gasteiger partial charge >= 0.3 is 0 Å². The third-order valence-corrected chi connectivity index (χ3v) is 4.52. The molecule has 0 amide bonds. The van der Waals surface area contributed by atoms with Gasteiger partial charge < -0.3 is 9.73 Å². The molecule has 3 rings (SSSR count). The van der Waals surface area contributed by atoms with Crippen LogP contribution in [0.4, 0.5) is 0 Å². The number of furan rings is 1. The predicted molar refractivity (Wildman–Crippen MR) is 83.9 cm³/mol. The summed E-state index contributed by atoms with van der Waals surface area (Å²) in [5.74, 6) is 2.02. The molecule has 1 fully saturated rings. The molecule has 1 saturated carbocycles. The SMILES string of the molecule is CCCC1CC1NC(C)c1oc2ccccc2c1CC. The molecule has 1 aliphatic rings. The van der Waals surface area contributed by atoms with Gasteiger partial charge in [0.1, 0.15) is 11.3 Å². The molecule has 108 valence electrons. The molecule has 1 heterocycles. The van der Waals surface area contributed by atoms with E-state index in [2.05, 4.69) is 44.3 Å². The summed E-state index contributed by atoms with van der Waals surface area (Å²) in [7, 11) is 0. The van der Waals surface area contributed by atoms with E-state index in [0.29, 0.717) is 12.1 Å². The van der Waals surface area contributed by atoms with Crippen LogP contribution in [0.2, 0.25) is 0 Å². The summed E-state index contributed by atoms with van der Waals surface area (Å²) in [5.41, 5.74) is 2.39. The summed E-state index contributed by atoms with van der Waals surface area (Å²) in [6, 6.07) is 9.39. The topological polar surface area (TPSA) is 25.2 Å². The quantitative estimate of drug-likeness (QED) is 0.813. The Bertz CT molecular complexity index is 586. The van der Waals surface area contributed by atoms with Crippen molar-refractivity contribution in [1.29, 1.82) is 0 Å². The van der Waals surface area contributed by atoms with E-state index >= 15 is 0 Å². The molecule has 20 heavy (non-hydrogen) atoms. The Morgan fingerprint density at radius 1 is 1.30 bits per heavy atom. The highest BCUT2D eigenvalue weighted by Crippen LogP contribution is 2.38. The molecule has 2 nitrogen and oxygen atoms in total. The Kier molecular flexibility index (Phi) is 3.84. The molecular formula is C18H25NO. The summed E-state index contributed by atoms with van der Waals surface area (Å²) in [6.07, 6.45) is 5.01. The zero-order valence-electron chi connectivity index (χ0n) is 12.8. The summed E-state index contributed by atoms with van der Waals surface area (Å²) >= 11 is 0. The number of para-hydroxylation sites is 1. The van der Waals surface area contributed by atoms with Gasteiger partial charge in [-0.3, -0.25) is 0 Å². The van der Waals surface area contributed by atoms with Gasteiger partial charge in [-0.15, -0.1) is 0 Å². The van der Waals surface area contributed by atoms with Crippen LogP contribution >= 0.6 is 0 Å². The van der Waals surface area contributed by atoms with E-state index in [1.54, 1.807) is 0 Å². The minimum Gasteiger partial charge on any atom is -0.459 e. The molecular weight excluding hydrogens is 246 g/mol. The standard InChI is InChI=1S/C18H25NO/c1-4-8-13-11-16(13)19-12(3)18-14(5-2)15-9-6-7-10-17(15)20-18/h6-7,9-10,12-13,16,19H,4-5,8,11H2,1-3H3. The minimum atomic E-state index is 0.309. The smallest absolute Gasteiger partial charge is 0.134 e. The van der Waals surface area contributed by atoms with Crippen molar-refractivity contribution in [2.45, 2.75) is 58.5 Å². The number of hydrogen-bond donors (Lipinski definition) is 1. The molecule has 0 saturated heterocycles. The summed E-state index contributed by atoms with van der Waals surface area (Å²) in [5, 5.41) is 5.02. The molecule has 3 unspecified atom stereocenters. The maximum Gasteiger partial charge on any atom is 0.134 e. The second kappa shape index (κ2) is 5.61. The van der Waals surface area contributed by atoms with E-state index in [1.165, 1.54) is 30.2 Å². The first-order chi connectivity index (χ1) is 9.74. The van der Waals surface area contributed by atoms with Crippen LogP contribution in [-0.4, -0.2) is 6.04 Å². The van der Waals surface area contributed by atoms with Gasteiger partial charge in [0.2, 0.25) is 0 Å². The minimum absolute atomic E-state index is 0.309. The average molecular weight is 271 g/mol. The number of benzene rings is 1. The monoisotopic (exact) mass is 271 g/mol. The maximum atomic E-state index is 6.11. The molecule has 1 aromatic carbocycles. The molecule has 1 aliphatic carbocycles. The van der Waals surface area contributed by atoms with Crippen molar-refractivity contribution in [1.82, 2.24) is 5.32 Å². The van der Waals surface area contributed by atoms with E-state index in [-0.39, 0.29) is 0 Å². The molecule has 3 atom stereocenters. The van der Waals surface area contributed by atoms with Gasteiger partial charge in [-0.05, 0) is 38.2 Å². The van der Waals surface area contributed by atoms with Crippen LogP contribution in [0.1, 0.15) is 57.4 Å². The third kappa shape index (κ3) is 2.49. The van der Waals surface area contributed by atoms with E-state index in [0.717, 1.165) is 23.7 Å². The highest BCUT2D eigenvalue weighted by atomic mass is 16.3. The molecule has 0 aliphatic heterocycles. The predicted octanol–water partition coefficient (Wildman–Crippen LogP) is 4.83. The fourth-order valence-electron chi connectivity index (χ4n) is 3.37. The zero-order valence-corrected chi connectivity index (χ0v) is 12.8. The first-order valence-corrected chi connectivity index (χ1v) is 8.00. The second-order valence-corrected chi connectivity index (χ2v) is 6.07. The lowest BCUT2D eigenvalue weighted by Gasteiger charge is -2.13. The van der Waals surface area contributed by atoms with Crippen molar-refractivity contribution < 1.29 is 4.42 Å². The molecule has 0 bridgehead atoms. The van der Waals surface area contributed by atoms with Gasteiger partial charge in [-0.1, -0.05) is 38.5 Å².